The third-order valence-corrected chi connectivity index (χ3v) is 4.61. The second-order valence-corrected chi connectivity index (χ2v) is 6.28. The normalized spacial score (nSPS) is 11.4. The maximum Gasteiger partial charge on any atom is 0.190 e. The molecule has 0 aromatic heterocycles. The molecule has 2 aromatic rings. The van der Waals surface area contributed by atoms with Crippen LogP contribution in [-0.4, -0.2) is 24.0 Å². The standard InChI is InChI=1S/C20H17ClN2O2/c1-2-23(10-9-21)13-7-8-16-18(11-13)25-19-12-17(24)14-5-3-4-6-15(14)20(19)22-16/h3-8,11-12H,2,9-10H2,1H3. The van der Waals surface area contributed by atoms with Crippen molar-refractivity contribution in [2.45, 2.75) is 6.92 Å². The fourth-order valence-electron chi connectivity index (χ4n) is 3.18. The molecule has 1 heterocycles. The molecule has 0 unspecified atom stereocenters. The highest BCUT2D eigenvalue weighted by molar-refractivity contribution is 6.18. The van der Waals surface area contributed by atoms with E-state index in [1.165, 1.54) is 6.07 Å². The van der Waals surface area contributed by atoms with Crippen LogP contribution in [0, 0.1) is 0 Å². The van der Waals surface area contributed by atoms with Crippen molar-refractivity contribution in [3.8, 4) is 11.5 Å². The average Bonchev–Trinajstić information content (AvgIpc) is 2.64. The number of aromatic nitrogens is 1. The number of anilines is 1. The molecule has 0 atom stereocenters. The average molecular weight is 353 g/mol. The molecular weight excluding hydrogens is 336 g/mol. The Bertz CT molecular complexity index is 1090. The first-order chi connectivity index (χ1) is 12.2. The lowest BCUT2D eigenvalue weighted by Crippen LogP contribution is -2.24. The van der Waals surface area contributed by atoms with Crippen molar-refractivity contribution in [1.29, 1.82) is 0 Å². The van der Waals surface area contributed by atoms with Gasteiger partial charge in [0.15, 0.2) is 16.8 Å². The van der Waals surface area contributed by atoms with E-state index in [9.17, 15) is 4.79 Å². The van der Waals surface area contributed by atoms with Gasteiger partial charge in [-0.2, -0.15) is 0 Å². The molecule has 0 radical (unpaired) electrons. The van der Waals surface area contributed by atoms with E-state index in [2.05, 4.69) is 11.8 Å². The molecule has 0 amide bonds. The number of nitrogens with zero attached hydrogens (tertiary/aromatic N) is 2. The summed E-state index contributed by atoms with van der Waals surface area (Å²) in [6, 6.07) is 14.9. The smallest absolute Gasteiger partial charge is 0.190 e. The van der Waals surface area contributed by atoms with Gasteiger partial charge in [-0.05, 0) is 19.1 Å². The summed E-state index contributed by atoms with van der Waals surface area (Å²) in [6.07, 6.45) is 0. The molecule has 2 aliphatic rings. The Hall–Kier alpha value is -2.59. The zero-order chi connectivity index (χ0) is 17.4. The van der Waals surface area contributed by atoms with Crippen LogP contribution in [0.4, 0.5) is 5.69 Å². The molecule has 0 spiro atoms. The molecule has 0 saturated heterocycles. The van der Waals surface area contributed by atoms with E-state index in [-0.39, 0.29) is 5.43 Å². The molecular formula is C20H17ClN2O2. The first kappa shape index (κ1) is 15.9. The fraction of sp³-hybridized carbons (Fsp3) is 0.200. The van der Waals surface area contributed by atoms with Crippen molar-refractivity contribution in [3.05, 3.63) is 58.8 Å². The SMILES string of the molecule is CCN(CCCl)c1ccc2nc3c4ccccc4c(=O)cc-3oc2c1. The lowest BCUT2D eigenvalue weighted by atomic mass is 10.0. The van der Waals surface area contributed by atoms with E-state index in [1.807, 2.05) is 42.5 Å². The number of rotatable bonds is 4. The van der Waals surface area contributed by atoms with Crippen molar-refractivity contribution in [3.63, 3.8) is 0 Å². The minimum absolute atomic E-state index is 0.0542. The van der Waals surface area contributed by atoms with Gasteiger partial charge in [-0.1, -0.05) is 24.3 Å². The molecule has 25 heavy (non-hydrogen) atoms. The first-order valence-electron chi connectivity index (χ1n) is 8.28. The predicted molar refractivity (Wildman–Crippen MR) is 103 cm³/mol. The number of fused-ring (bicyclic) bond motifs is 4. The number of alkyl halides is 1. The topological polar surface area (TPSA) is 46.3 Å². The van der Waals surface area contributed by atoms with Gasteiger partial charge in [0, 0.05) is 47.6 Å². The van der Waals surface area contributed by atoms with Crippen LogP contribution in [0.2, 0.25) is 0 Å². The van der Waals surface area contributed by atoms with Crippen LogP contribution in [-0.2, 0) is 0 Å². The van der Waals surface area contributed by atoms with Crippen molar-refractivity contribution >= 4 is 39.2 Å². The lowest BCUT2D eigenvalue weighted by Gasteiger charge is -2.22. The predicted octanol–water partition coefficient (Wildman–Crippen LogP) is 4.51. The van der Waals surface area contributed by atoms with E-state index in [0.717, 1.165) is 29.7 Å². The Morgan fingerprint density at radius 3 is 2.68 bits per heavy atom. The lowest BCUT2D eigenvalue weighted by molar-refractivity contribution is 0.613. The summed E-state index contributed by atoms with van der Waals surface area (Å²) in [5, 5.41) is 1.48. The molecule has 0 saturated carbocycles. The summed E-state index contributed by atoms with van der Waals surface area (Å²) < 4.78 is 6.03. The van der Waals surface area contributed by atoms with Crippen LogP contribution in [0.15, 0.2) is 57.7 Å². The minimum atomic E-state index is -0.0542. The highest BCUT2D eigenvalue weighted by atomic mass is 35.5. The minimum Gasteiger partial charge on any atom is -0.453 e. The Morgan fingerprint density at radius 1 is 1.12 bits per heavy atom. The summed E-state index contributed by atoms with van der Waals surface area (Å²) >= 11 is 5.88. The molecule has 4 rings (SSSR count). The molecule has 0 fully saturated rings. The van der Waals surface area contributed by atoms with Crippen molar-refractivity contribution < 1.29 is 4.42 Å². The van der Waals surface area contributed by atoms with Gasteiger partial charge in [-0.25, -0.2) is 4.98 Å². The molecule has 126 valence electrons. The highest BCUT2D eigenvalue weighted by Gasteiger charge is 2.16. The maximum absolute atomic E-state index is 12.3. The largest absolute Gasteiger partial charge is 0.453 e. The zero-order valence-electron chi connectivity index (χ0n) is 13.8. The Kier molecular flexibility index (Phi) is 4.06. The molecule has 2 aromatic carbocycles. The van der Waals surface area contributed by atoms with Crippen molar-refractivity contribution in [2.24, 2.45) is 0 Å². The Morgan fingerprint density at radius 2 is 1.92 bits per heavy atom. The van der Waals surface area contributed by atoms with Gasteiger partial charge in [0.1, 0.15) is 11.2 Å². The van der Waals surface area contributed by atoms with E-state index in [0.29, 0.717) is 28.3 Å². The molecule has 5 heteroatoms. The van der Waals surface area contributed by atoms with Gasteiger partial charge in [-0.3, -0.25) is 4.79 Å². The summed E-state index contributed by atoms with van der Waals surface area (Å²) in [4.78, 5) is 19.2. The Labute approximate surface area is 150 Å². The quantitative estimate of drug-likeness (QED) is 0.308. The van der Waals surface area contributed by atoms with E-state index >= 15 is 0 Å². The summed E-state index contributed by atoms with van der Waals surface area (Å²) in [6.45, 7) is 3.71. The van der Waals surface area contributed by atoms with Gasteiger partial charge < -0.3 is 9.32 Å². The van der Waals surface area contributed by atoms with Gasteiger partial charge in [-0.15, -0.1) is 11.6 Å². The summed E-state index contributed by atoms with van der Waals surface area (Å²) in [5.41, 5.74) is 3.11. The maximum atomic E-state index is 12.3. The van der Waals surface area contributed by atoms with Crippen LogP contribution >= 0.6 is 11.6 Å². The van der Waals surface area contributed by atoms with Crippen LogP contribution in [0.3, 0.4) is 0 Å². The first-order valence-corrected chi connectivity index (χ1v) is 8.82. The Balaban J connectivity index is 1.96. The van der Waals surface area contributed by atoms with Crippen LogP contribution in [0.25, 0.3) is 33.3 Å². The van der Waals surface area contributed by atoms with Crippen molar-refractivity contribution in [1.82, 2.24) is 4.98 Å². The number of hydrogen-bond donors (Lipinski definition) is 0. The van der Waals surface area contributed by atoms with E-state index in [4.69, 9.17) is 21.0 Å². The van der Waals surface area contributed by atoms with E-state index < -0.39 is 0 Å². The van der Waals surface area contributed by atoms with Gasteiger partial charge in [0.25, 0.3) is 0 Å². The van der Waals surface area contributed by atoms with E-state index in [1.54, 1.807) is 0 Å². The van der Waals surface area contributed by atoms with Crippen LogP contribution in [0.1, 0.15) is 6.92 Å². The molecule has 1 aliphatic carbocycles. The highest BCUT2D eigenvalue weighted by Crippen LogP contribution is 2.31. The monoisotopic (exact) mass is 352 g/mol. The third-order valence-electron chi connectivity index (χ3n) is 4.44. The zero-order valence-corrected chi connectivity index (χ0v) is 14.6. The van der Waals surface area contributed by atoms with Crippen molar-refractivity contribution in [2.75, 3.05) is 23.9 Å². The fourth-order valence-corrected chi connectivity index (χ4v) is 3.38. The second-order valence-electron chi connectivity index (χ2n) is 5.90. The summed E-state index contributed by atoms with van der Waals surface area (Å²) in [5.74, 6) is 1.07. The molecule has 4 nitrogen and oxygen atoms in total. The molecule has 0 bridgehead atoms. The number of halogens is 1. The van der Waals surface area contributed by atoms with Gasteiger partial charge >= 0.3 is 0 Å². The molecule has 1 aliphatic heterocycles. The third kappa shape index (κ3) is 2.72. The van der Waals surface area contributed by atoms with Gasteiger partial charge in [0.05, 0.1) is 0 Å². The van der Waals surface area contributed by atoms with Crippen LogP contribution in [0.5, 0.6) is 0 Å². The second kappa shape index (κ2) is 6.37. The number of benzene rings is 3. The van der Waals surface area contributed by atoms with Gasteiger partial charge in [0.2, 0.25) is 0 Å². The number of hydrogen-bond acceptors (Lipinski definition) is 4. The summed E-state index contributed by atoms with van der Waals surface area (Å²) in [7, 11) is 0. The molecule has 0 N–H and O–H groups in total. The van der Waals surface area contributed by atoms with Crippen LogP contribution < -0.4 is 10.3 Å².